The molecule has 0 radical (unpaired) electrons. The van der Waals surface area contributed by atoms with Gasteiger partial charge in [0.15, 0.2) is 14.9 Å². The second kappa shape index (κ2) is 3.51. The molecule has 1 aromatic rings. The van der Waals surface area contributed by atoms with E-state index in [4.69, 9.17) is 0 Å². The van der Waals surface area contributed by atoms with E-state index in [1.807, 2.05) is 0 Å². The summed E-state index contributed by atoms with van der Waals surface area (Å²) >= 11 is 3.26. The summed E-state index contributed by atoms with van der Waals surface area (Å²) in [6.45, 7) is 0.671. The van der Waals surface area contributed by atoms with Gasteiger partial charge in [0.05, 0.1) is 11.4 Å². The molecule has 0 spiro atoms. The molecule has 0 aliphatic carbocycles. The van der Waals surface area contributed by atoms with Crippen molar-refractivity contribution >= 4 is 31.5 Å². The zero-order chi connectivity index (χ0) is 10.2. The molecule has 0 aromatic carbocycles. The van der Waals surface area contributed by atoms with Gasteiger partial charge in [0.25, 0.3) is 0 Å². The molecule has 0 fully saturated rings. The van der Waals surface area contributed by atoms with Gasteiger partial charge in [-0.05, 0) is 28.4 Å². The van der Waals surface area contributed by atoms with Crippen molar-refractivity contribution in [2.24, 2.45) is 0 Å². The Labute approximate surface area is 90.8 Å². The number of halogens is 1. The summed E-state index contributed by atoms with van der Waals surface area (Å²) in [6.07, 6.45) is 2.12. The van der Waals surface area contributed by atoms with Crippen molar-refractivity contribution in [3.8, 4) is 0 Å². The Morgan fingerprint density at radius 1 is 1.50 bits per heavy atom. The number of aromatic nitrogens is 1. The smallest absolute Gasteiger partial charge is 0.197 e. The lowest BCUT2D eigenvalue weighted by Crippen LogP contribution is -2.07. The molecule has 1 aromatic heterocycles. The number of sulfone groups is 1. The van der Waals surface area contributed by atoms with Gasteiger partial charge in [-0.15, -0.1) is 0 Å². The molecule has 14 heavy (non-hydrogen) atoms. The molecule has 0 unspecified atom stereocenters. The minimum atomic E-state index is -3.19. The maximum absolute atomic E-state index is 11.7. The van der Waals surface area contributed by atoms with Crippen LogP contribution in [0.5, 0.6) is 0 Å². The first kappa shape index (κ1) is 9.92. The first-order valence-electron chi connectivity index (χ1n) is 4.22. The minimum absolute atomic E-state index is 0.165. The fraction of sp³-hybridized carbons (Fsp3) is 0.375. The Kier molecular flexibility index (Phi) is 2.48. The van der Waals surface area contributed by atoms with Crippen LogP contribution in [0.4, 0.5) is 5.69 Å². The molecule has 1 N–H and O–H groups in total. The third-order valence-electron chi connectivity index (χ3n) is 2.02. The monoisotopic (exact) mass is 276 g/mol. The maximum atomic E-state index is 11.7. The number of hydrogen-bond donors (Lipinski definition) is 1. The Balaban J connectivity index is 2.62. The lowest BCUT2D eigenvalue weighted by Gasteiger charge is -2.05. The van der Waals surface area contributed by atoms with Crippen molar-refractivity contribution < 1.29 is 8.42 Å². The summed E-state index contributed by atoms with van der Waals surface area (Å²) in [6, 6.07) is 1.74. The van der Waals surface area contributed by atoms with Crippen molar-refractivity contribution in [3.05, 3.63) is 16.7 Å². The summed E-state index contributed by atoms with van der Waals surface area (Å²) < 4.78 is 24.2. The molecule has 1 aliphatic rings. The van der Waals surface area contributed by atoms with E-state index in [2.05, 4.69) is 26.2 Å². The van der Waals surface area contributed by atoms with Crippen LogP contribution >= 0.6 is 15.9 Å². The second-order valence-electron chi connectivity index (χ2n) is 3.11. The van der Waals surface area contributed by atoms with Crippen molar-refractivity contribution in [3.63, 3.8) is 0 Å². The van der Waals surface area contributed by atoms with Gasteiger partial charge in [0, 0.05) is 17.2 Å². The predicted molar refractivity (Wildman–Crippen MR) is 57.1 cm³/mol. The number of pyridine rings is 1. The van der Waals surface area contributed by atoms with Crippen LogP contribution in [0.3, 0.4) is 0 Å². The van der Waals surface area contributed by atoms with Gasteiger partial charge in [0.1, 0.15) is 0 Å². The first-order chi connectivity index (χ1) is 6.59. The van der Waals surface area contributed by atoms with E-state index < -0.39 is 9.84 Å². The molecule has 2 rings (SSSR count). The Bertz CT molecular complexity index is 458. The molecule has 76 valence electrons. The van der Waals surface area contributed by atoms with Crippen molar-refractivity contribution in [1.29, 1.82) is 0 Å². The molecule has 4 nitrogen and oxygen atoms in total. The number of nitrogens with one attached hydrogen (secondary N) is 1. The zero-order valence-electron chi connectivity index (χ0n) is 7.33. The van der Waals surface area contributed by atoms with Crippen LogP contribution in [0.2, 0.25) is 0 Å². The molecular formula is C8H9BrN2O2S. The maximum Gasteiger partial charge on any atom is 0.197 e. The molecule has 0 saturated carbocycles. The van der Waals surface area contributed by atoms with Gasteiger partial charge in [-0.1, -0.05) is 0 Å². The van der Waals surface area contributed by atoms with E-state index in [-0.39, 0.29) is 10.8 Å². The van der Waals surface area contributed by atoms with E-state index >= 15 is 0 Å². The highest BCUT2D eigenvalue weighted by atomic mass is 79.9. The lowest BCUT2D eigenvalue weighted by molar-refractivity contribution is 0.592. The number of hydrogen-bond acceptors (Lipinski definition) is 4. The third-order valence-corrected chi connectivity index (χ3v) is 4.19. The van der Waals surface area contributed by atoms with Gasteiger partial charge in [-0.25, -0.2) is 13.4 Å². The fourth-order valence-corrected chi connectivity index (χ4v) is 3.11. The largest absolute Gasteiger partial charge is 0.383 e. The number of fused-ring (bicyclic) bond motifs is 1. The van der Waals surface area contributed by atoms with Crippen LogP contribution in [0.1, 0.15) is 6.42 Å². The zero-order valence-corrected chi connectivity index (χ0v) is 9.73. The predicted octanol–water partition coefficient (Wildman–Crippen LogP) is 1.43. The summed E-state index contributed by atoms with van der Waals surface area (Å²) in [5.74, 6) is 0.168. The highest BCUT2D eigenvalue weighted by Crippen LogP contribution is 2.26. The van der Waals surface area contributed by atoms with E-state index in [1.165, 1.54) is 6.20 Å². The van der Waals surface area contributed by atoms with Gasteiger partial charge in [-0.3, -0.25) is 0 Å². The average Bonchev–Trinajstić information content (AvgIpc) is 2.25. The number of rotatable bonds is 0. The summed E-state index contributed by atoms with van der Waals surface area (Å²) in [4.78, 5) is 3.93. The van der Waals surface area contributed by atoms with Crippen molar-refractivity contribution in [1.82, 2.24) is 4.98 Å². The summed E-state index contributed by atoms with van der Waals surface area (Å²) in [7, 11) is -3.19. The topological polar surface area (TPSA) is 59.1 Å². The standard InChI is InChI=1S/C8H9BrN2O2S/c9-6-4-7-8(11-5-6)14(12,13)3-1-2-10-7/h4-5,10H,1-3H2. The van der Waals surface area contributed by atoms with Crippen molar-refractivity contribution in [2.45, 2.75) is 11.4 Å². The Morgan fingerprint density at radius 2 is 2.29 bits per heavy atom. The van der Waals surface area contributed by atoms with Crippen LogP contribution in [0.25, 0.3) is 0 Å². The van der Waals surface area contributed by atoms with E-state index in [0.717, 1.165) is 4.47 Å². The fourth-order valence-electron chi connectivity index (χ4n) is 1.38. The average molecular weight is 277 g/mol. The quantitative estimate of drug-likeness (QED) is 0.779. The summed E-state index contributed by atoms with van der Waals surface area (Å²) in [5, 5.41) is 3.21. The van der Waals surface area contributed by atoms with Crippen LogP contribution in [0.15, 0.2) is 21.8 Å². The van der Waals surface area contributed by atoms with Crippen molar-refractivity contribution in [2.75, 3.05) is 17.6 Å². The SMILES string of the molecule is O=S1(=O)CCCNc2cc(Br)cnc21. The highest BCUT2D eigenvalue weighted by Gasteiger charge is 2.23. The summed E-state index contributed by atoms with van der Waals surface area (Å²) in [5.41, 5.74) is 0.594. The van der Waals surface area contributed by atoms with E-state index in [9.17, 15) is 8.42 Å². The van der Waals surface area contributed by atoms with Gasteiger partial charge < -0.3 is 5.32 Å². The minimum Gasteiger partial charge on any atom is -0.383 e. The van der Waals surface area contributed by atoms with Crippen LogP contribution in [-0.4, -0.2) is 25.7 Å². The van der Waals surface area contributed by atoms with Gasteiger partial charge in [0.2, 0.25) is 0 Å². The number of anilines is 1. The normalized spacial score (nSPS) is 19.2. The van der Waals surface area contributed by atoms with Crippen LogP contribution < -0.4 is 5.32 Å². The molecule has 0 saturated heterocycles. The van der Waals surface area contributed by atoms with E-state index in [0.29, 0.717) is 18.7 Å². The Morgan fingerprint density at radius 3 is 3.07 bits per heavy atom. The van der Waals surface area contributed by atoms with Crippen LogP contribution in [0, 0.1) is 0 Å². The molecule has 2 heterocycles. The molecule has 6 heteroatoms. The highest BCUT2D eigenvalue weighted by molar-refractivity contribution is 9.10. The molecule has 0 atom stereocenters. The Hall–Kier alpha value is -0.620. The lowest BCUT2D eigenvalue weighted by atomic mass is 10.4. The van der Waals surface area contributed by atoms with Gasteiger partial charge >= 0.3 is 0 Å². The molecule has 1 aliphatic heterocycles. The first-order valence-corrected chi connectivity index (χ1v) is 6.66. The van der Waals surface area contributed by atoms with Gasteiger partial charge in [-0.2, -0.15) is 0 Å². The molecule has 0 amide bonds. The van der Waals surface area contributed by atoms with E-state index in [1.54, 1.807) is 6.07 Å². The molecule has 0 bridgehead atoms. The number of nitrogens with zero attached hydrogens (tertiary/aromatic N) is 1. The third kappa shape index (κ3) is 1.76. The second-order valence-corrected chi connectivity index (χ2v) is 6.05. The molecular weight excluding hydrogens is 268 g/mol. The van der Waals surface area contributed by atoms with Crippen LogP contribution in [-0.2, 0) is 9.84 Å².